The third kappa shape index (κ3) is 13.5. The lowest BCUT2D eigenvalue weighted by Gasteiger charge is -2.21. The molecular formula is C26H29Br4F4O6P. The zero-order valence-electron chi connectivity index (χ0n) is 22.3. The molecule has 2 aromatic rings. The number of hydrogen-bond acceptors (Lipinski definition) is 6. The third-order valence-electron chi connectivity index (χ3n) is 4.60. The van der Waals surface area contributed by atoms with E-state index in [2.05, 4.69) is 77.0 Å². The number of rotatable bonds is 10. The standard InChI is InChI=1S/C12H12Br2F2O3.C12H10Br2F2O3.C2H7P/c2*1-2-19-12(18)10(14)9(13)11(17)6-3-4-7(15)8(16)5-6;1-3-2/h3-5,9-11,17H,2H2,1H3;3-5,9-10H,2H2,1H3;3H,1-2H3. The molecule has 0 heterocycles. The molecule has 6 nitrogen and oxygen atoms in total. The second-order valence-electron chi connectivity index (χ2n) is 7.77. The predicted octanol–water partition coefficient (Wildman–Crippen LogP) is 7.25. The van der Waals surface area contributed by atoms with E-state index in [1.165, 1.54) is 6.07 Å². The molecule has 15 heteroatoms. The van der Waals surface area contributed by atoms with Gasteiger partial charge in [-0.25, -0.2) is 17.6 Å². The Morgan fingerprint density at radius 2 is 1.20 bits per heavy atom. The maximum Gasteiger partial charge on any atom is 0.321 e. The van der Waals surface area contributed by atoms with Crippen LogP contribution in [0.3, 0.4) is 0 Å². The lowest BCUT2D eigenvalue weighted by Crippen LogP contribution is -2.32. The van der Waals surface area contributed by atoms with Crippen LogP contribution in [0.4, 0.5) is 17.6 Å². The maximum absolute atomic E-state index is 13.1. The first-order valence-electron chi connectivity index (χ1n) is 11.8. The number of carbonyl (C=O) groups excluding carboxylic acids is 3. The first-order chi connectivity index (χ1) is 19.2. The molecule has 0 spiro atoms. The Labute approximate surface area is 271 Å². The van der Waals surface area contributed by atoms with Crippen LogP contribution in [0.1, 0.15) is 35.9 Å². The molecule has 0 aliphatic carbocycles. The first-order valence-corrected chi connectivity index (χ1v) is 17.4. The summed E-state index contributed by atoms with van der Waals surface area (Å²) in [6, 6.07) is 5.86. The van der Waals surface area contributed by atoms with E-state index < -0.39 is 66.4 Å². The van der Waals surface area contributed by atoms with Gasteiger partial charge in [-0.3, -0.25) is 14.4 Å². The van der Waals surface area contributed by atoms with Gasteiger partial charge < -0.3 is 14.6 Å². The van der Waals surface area contributed by atoms with Gasteiger partial charge in [-0.1, -0.05) is 69.8 Å². The molecule has 0 bridgehead atoms. The highest BCUT2D eigenvalue weighted by molar-refractivity contribution is 9.13. The van der Waals surface area contributed by atoms with E-state index in [9.17, 15) is 37.1 Å². The van der Waals surface area contributed by atoms with Crippen molar-refractivity contribution in [1.82, 2.24) is 0 Å². The highest BCUT2D eigenvalue weighted by atomic mass is 79.9. The number of Topliss-reactive ketones (excluding diaryl/α,β-unsaturated/α-hetero) is 1. The summed E-state index contributed by atoms with van der Waals surface area (Å²) < 4.78 is 61.2. The van der Waals surface area contributed by atoms with Crippen molar-refractivity contribution >= 4 is 90.0 Å². The van der Waals surface area contributed by atoms with Crippen molar-refractivity contribution in [3.63, 3.8) is 0 Å². The molecule has 0 fully saturated rings. The van der Waals surface area contributed by atoms with Crippen molar-refractivity contribution in [2.75, 3.05) is 26.5 Å². The van der Waals surface area contributed by atoms with E-state index in [1.54, 1.807) is 13.8 Å². The molecule has 5 unspecified atom stereocenters. The Morgan fingerprint density at radius 3 is 1.63 bits per heavy atom. The Balaban J connectivity index is 0.000000712. The zero-order valence-corrected chi connectivity index (χ0v) is 29.6. The summed E-state index contributed by atoms with van der Waals surface area (Å²) in [5, 5.41) is 10.0. The minimum absolute atomic E-state index is 0.0328. The number of esters is 2. The van der Waals surface area contributed by atoms with E-state index >= 15 is 0 Å². The van der Waals surface area contributed by atoms with E-state index in [0.29, 0.717) is 0 Å². The molecular weight excluding hydrogens is 835 g/mol. The number of halogens is 8. The minimum atomic E-state index is -1.19. The average molecular weight is 864 g/mol. The monoisotopic (exact) mass is 860 g/mol. The Bertz CT molecular complexity index is 1150. The van der Waals surface area contributed by atoms with Gasteiger partial charge in [-0.2, -0.15) is 0 Å². The molecule has 1 N–H and O–H groups in total. The Kier molecular flexibility index (Phi) is 20.4. The molecule has 0 aliphatic heterocycles. The van der Waals surface area contributed by atoms with Gasteiger partial charge in [0.05, 0.1) is 24.1 Å². The molecule has 0 saturated heterocycles. The van der Waals surface area contributed by atoms with Gasteiger partial charge in [0.2, 0.25) is 0 Å². The van der Waals surface area contributed by atoms with Gasteiger partial charge in [0.15, 0.2) is 29.1 Å². The highest BCUT2D eigenvalue weighted by Crippen LogP contribution is 2.30. The fourth-order valence-corrected chi connectivity index (χ4v) is 4.47. The van der Waals surface area contributed by atoms with Crippen LogP contribution in [-0.4, -0.2) is 68.7 Å². The number of ketones is 1. The van der Waals surface area contributed by atoms with Crippen molar-refractivity contribution in [2.45, 2.75) is 39.3 Å². The van der Waals surface area contributed by atoms with Gasteiger partial charge >= 0.3 is 11.9 Å². The summed E-state index contributed by atoms with van der Waals surface area (Å²) in [5.41, 5.74) is 0.129. The largest absolute Gasteiger partial charge is 0.465 e. The second kappa shape index (κ2) is 20.9. The van der Waals surface area contributed by atoms with Crippen LogP contribution in [0.15, 0.2) is 36.4 Å². The smallest absolute Gasteiger partial charge is 0.321 e. The molecule has 2 rings (SSSR count). The Morgan fingerprint density at radius 1 is 0.756 bits per heavy atom. The van der Waals surface area contributed by atoms with Crippen molar-refractivity contribution < 1.29 is 46.5 Å². The molecule has 0 aliphatic rings. The number of benzene rings is 2. The van der Waals surface area contributed by atoms with Crippen molar-refractivity contribution in [3.8, 4) is 0 Å². The summed E-state index contributed by atoms with van der Waals surface area (Å²) >= 11 is 12.3. The van der Waals surface area contributed by atoms with Crippen LogP contribution in [0.2, 0.25) is 0 Å². The molecule has 230 valence electrons. The SMILES string of the molecule is CCOC(=O)C(Br)C(Br)C(=O)c1ccc(F)c(F)c1.CCOC(=O)C(Br)C(Br)C(O)c1ccc(F)c(F)c1.CPC. The zero-order chi connectivity index (χ0) is 31.9. The molecule has 0 radical (unpaired) electrons. The van der Waals surface area contributed by atoms with E-state index in [4.69, 9.17) is 9.47 Å². The first kappa shape index (κ1) is 40.1. The van der Waals surface area contributed by atoms with Crippen LogP contribution in [-0.2, 0) is 19.1 Å². The second-order valence-corrected chi connectivity index (χ2v) is 12.8. The van der Waals surface area contributed by atoms with Crippen LogP contribution in [0.25, 0.3) is 0 Å². The summed E-state index contributed by atoms with van der Waals surface area (Å²) in [5.74, 6) is -5.92. The molecule has 2 aromatic carbocycles. The lowest BCUT2D eigenvalue weighted by atomic mass is 10.0. The van der Waals surface area contributed by atoms with Crippen molar-refractivity contribution in [1.29, 1.82) is 0 Å². The minimum Gasteiger partial charge on any atom is -0.465 e. The summed E-state index contributed by atoms with van der Waals surface area (Å²) in [6.45, 7) is 7.99. The summed E-state index contributed by atoms with van der Waals surface area (Å²) in [6.07, 6.45) is -1.19. The molecule has 41 heavy (non-hydrogen) atoms. The highest BCUT2D eigenvalue weighted by Gasteiger charge is 2.32. The third-order valence-corrected chi connectivity index (χ3v) is 9.84. The van der Waals surface area contributed by atoms with Gasteiger partial charge in [-0.05, 0) is 63.1 Å². The summed E-state index contributed by atoms with van der Waals surface area (Å²) in [7, 11) is 1.08. The van der Waals surface area contributed by atoms with Crippen LogP contribution in [0, 0.1) is 23.3 Å². The van der Waals surface area contributed by atoms with Crippen molar-refractivity contribution in [3.05, 3.63) is 70.8 Å². The molecule has 5 atom stereocenters. The number of carbonyl (C=O) groups is 3. The Hall–Kier alpha value is -0.920. The van der Waals surface area contributed by atoms with Crippen LogP contribution >= 0.6 is 72.3 Å². The van der Waals surface area contributed by atoms with Crippen molar-refractivity contribution in [2.24, 2.45) is 0 Å². The van der Waals surface area contributed by atoms with Gasteiger partial charge in [0, 0.05) is 5.56 Å². The lowest BCUT2D eigenvalue weighted by molar-refractivity contribution is -0.143. The normalized spacial score (nSPS) is 14.1. The van der Waals surface area contributed by atoms with Gasteiger partial charge in [0.1, 0.15) is 14.5 Å². The average Bonchev–Trinajstić information content (AvgIpc) is 2.94. The molecule has 0 amide bonds. The quantitative estimate of drug-likeness (QED) is 0.0891. The number of ether oxygens (including phenoxy) is 2. The fraction of sp³-hybridized carbons (Fsp3) is 0.423. The number of hydrogen-bond donors (Lipinski definition) is 1. The number of aliphatic hydroxyl groups excluding tert-OH is 1. The van der Waals surface area contributed by atoms with E-state index in [1.807, 2.05) is 0 Å². The maximum atomic E-state index is 13.1. The van der Waals surface area contributed by atoms with Crippen LogP contribution in [0.5, 0.6) is 0 Å². The van der Waals surface area contributed by atoms with E-state index in [0.717, 1.165) is 38.9 Å². The predicted molar refractivity (Wildman–Crippen MR) is 166 cm³/mol. The van der Waals surface area contributed by atoms with Gasteiger partial charge in [-0.15, -0.1) is 8.58 Å². The topological polar surface area (TPSA) is 89.9 Å². The molecule has 0 saturated carbocycles. The summed E-state index contributed by atoms with van der Waals surface area (Å²) in [4.78, 5) is 31.5. The molecule has 0 aromatic heterocycles. The number of alkyl halides is 4. The van der Waals surface area contributed by atoms with E-state index in [-0.39, 0.29) is 24.3 Å². The number of aliphatic hydroxyl groups is 1. The van der Waals surface area contributed by atoms with Crippen LogP contribution < -0.4 is 0 Å². The van der Waals surface area contributed by atoms with Gasteiger partial charge in [0.25, 0.3) is 0 Å². The fourth-order valence-electron chi connectivity index (χ4n) is 2.67.